The minimum absolute atomic E-state index is 0.159. The maximum atomic E-state index is 10.7. The van der Waals surface area contributed by atoms with E-state index < -0.39 is 0 Å². The third-order valence-corrected chi connectivity index (χ3v) is 1.18. The first kappa shape index (κ1) is 7.74. The predicted molar refractivity (Wildman–Crippen MR) is 40.0 cm³/mol. The molecule has 11 heavy (non-hydrogen) atoms. The number of anilines is 1. The summed E-state index contributed by atoms with van der Waals surface area (Å²) in [6, 6.07) is 1.49. The van der Waals surface area contributed by atoms with Crippen LogP contribution in [0.2, 0.25) is 0 Å². The molecule has 0 atom stereocenters. The van der Waals surface area contributed by atoms with Crippen molar-refractivity contribution in [2.24, 2.45) is 0 Å². The Kier molecular flexibility index (Phi) is 2.22. The zero-order valence-electron chi connectivity index (χ0n) is 6.13. The van der Waals surface area contributed by atoms with Gasteiger partial charge in [0.15, 0.2) is 0 Å². The van der Waals surface area contributed by atoms with Gasteiger partial charge in [0.25, 0.3) is 5.56 Å². The first-order chi connectivity index (χ1) is 5.24. The summed E-state index contributed by atoms with van der Waals surface area (Å²) in [5.74, 6) is 0. The molecule has 5 nitrogen and oxygen atoms in total. The zero-order valence-corrected chi connectivity index (χ0v) is 6.13. The number of ether oxygens (including phenoxy) is 1. The molecule has 0 aliphatic carbocycles. The molecule has 1 aromatic heterocycles. The van der Waals surface area contributed by atoms with E-state index in [-0.39, 0.29) is 11.2 Å². The van der Waals surface area contributed by atoms with Crippen LogP contribution in [-0.4, -0.2) is 17.3 Å². The van der Waals surface area contributed by atoms with Crippen molar-refractivity contribution in [3.8, 4) is 0 Å². The van der Waals surface area contributed by atoms with Gasteiger partial charge in [-0.15, -0.1) is 0 Å². The topological polar surface area (TPSA) is 81.0 Å². The lowest BCUT2D eigenvalue weighted by Crippen LogP contribution is -2.14. The summed E-state index contributed by atoms with van der Waals surface area (Å²) < 4.78 is 4.78. The fraction of sp³-hybridized carbons (Fsp3) is 0.333. The highest BCUT2D eigenvalue weighted by molar-refractivity contribution is 5.34. The summed E-state index contributed by atoms with van der Waals surface area (Å²) in [4.78, 5) is 10.7. The normalized spacial score (nSPS) is 9.91. The molecule has 0 unspecified atom stereocenters. The Labute approximate surface area is 63.2 Å². The van der Waals surface area contributed by atoms with Crippen LogP contribution in [0.15, 0.2) is 10.9 Å². The maximum absolute atomic E-state index is 10.7. The Balaban J connectivity index is 2.96. The van der Waals surface area contributed by atoms with E-state index in [1.54, 1.807) is 7.11 Å². The molecule has 0 saturated heterocycles. The number of nitrogens with two attached hydrogens (primary N) is 1. The van der Waals surface area contributed by atoms with Crippen LogP contribution in [0.25, 0.3) is 0 Å². The standard InChI is InChI=1S/C6H9N3O2/c1-11-3-4-2-5(7)6(10)9-8-4/h2H,3H2,1H3,(H2,7,8)(H,9,10). The van der Waals surface area contributed by atoms with Gasteiger partial charge >= 0.3 is 0 Å². The van der Waals surface area contributed by atoms with Gasteiger partial charge in [-0.1, -0.05) is 0 Å². The summed E-state index contributed by atoms with van der Waals surface area (Å²) in [6.07, 6.45) is 0. The third kappa shape index (κ3) is 1.78. The molecule has 0 radical (unpaired) electrons. The van der Waals surface area contributed by atoms with Crippen molar-refractivity contribution in [1.82, 2.24) is 10.2 Å². The van der Waals surface area contributed by atoms with E-state index in [1.165, 1.54) is 6.07 Å². The van der Waals surface area contributed by atoms with Crippen LogP contribution in [0.5, 0.6) is 0 Å². The number of nitrogens with zero attached hydrogens (tertiary/aromatic N) is 1. The molecular formula is C6H9N3O2. The van der Waals surface area contributed by atoms with Crippen molar-refractivity contribution in [3.63, 3.8) is 0 Å². The Morgan fingerprint density at radius 2 is 2.55 bits per heavy atom. The van der Waals surface area contributed by atoms with Crippen molar-refractivity contribution < 1.29 is 4.74 Å². The molecule has 0 bridgehead atoms. The fourth-order valence-corrected chi connectivity index (χ4v) is 0.686. The average molecular weight is 155 g/mol. The van der Waals surface area contributed by atoms with Crippen molar-refractivity contribution in [1.29, 1.82) is 0 Å². The van der Waals surface area contributed by atoms with E-state index in [0.29, 0.717) is 12.3 Å². The molecule has 0 aromatic carbocycles. The first-order valence-electron chi connectivity index (χ1n) is 3.07. The van der Waals surface area contributed by atoms with Gasteiger partial charge in [0, 0.05) is 7.11 Å². The van der Waals surface area contributed by atoms with Gasteiger partial charge in [-0.25, -0.2) is 5.10 Å². The van der Waals surface area contributed by atoms with Crippen molar-refractivity contribution >= 4 is 5.69 Å². The van der Waals surface area contributed by atoms with Gasteiger partial charge in [0.1, 0.15) is 5.69 Å². The molecule has 5 heteroatoms. The van der Waals surface area contributed by atoms with Crippen LogP contribution in [0.3, 0.4) is 0 Å². The number of aromatic amines is 1. The molecule has 0 saturated carbocycles. The van der Waals surface area contributed by atoms with Crippen LogP contribution < -0.4 is 11.3 Å². The molecule has 0 fully saturated rings. The van der Waals surface area contributed by atoms with Gasteiger partial charge in [-0.2, -0.15) is 5.10 Å². The number of rotatable bonds is 2. The highest BCUT2D eigenvalue weighted by atomic mass is 16.5. The summed E-state index contributed by atoms with van der Waals surface area (Å²) in [6.45, 7) is 0.348. The molecule has 0 amide bonds. The highest BCUT2D eigenvalue weighted by Gasteiger charge is 1.97. The lowest BCUT2D eigenvalue weighted by Gasteiger charge is -1.97. The SMILES string of the molecule is COCc1cc(N)c(=O)[nH]n1. The van der Waals surface area contributed by atoms with Crippen LogP contribution in [0.1, 0.15) is 5.69 Å². The van der Waals surface area contributed by atoms with Gasteiger partial charge in [0.2, 0.25) is 0 Å². The number of nitrogens with one attached hydrogen (secondary N) is 1. The second-order valence-corrected chi connectivity index (χ2v) is 2.08. The second kappa shape index (κ2) is 3.16. The summed E-state index contributed by atoms with van der Waals surface area (Å²) >= 11 is 0. The molecular weight excluding hydrogens is 146 g/mol. The van der Waals surface area contributed by atoms with Gasteiger partial charge in [-0.05, 0) is 6.07 Å². The molecule has 1 heterocycles. The molecule has 0 aliphatic rings. The first-order valence-corrected chi connectivity index (χ1v) is 3.07. The van der Waals surface area contributed by atoms with Crippen LogP contribution in [0.4, 0.5) is 5.69 Å². The molecule has 1 aromatic rings. The largest absolute Gasteiger partial charge is 0.394 e. The number of hydrogen-bond donors (Lipinski definition) is 2. The number of H-pyrrole nitrogens is 1. The van der Waals surface area contributed by atoms with E-state index >= 15 is 0 Å². The predicted octanol–water partition coefficient (Wildman–Crippen LogP) is -0.502. The number of hydrogen-bond acceptors (Lipinski definition) is 4. The molecule has 60 valence electrons. The number of aromatic nitrogens is 2. The summed E-state index contributed by atoms with van der Waals surface area (Å²) in [5, 5.41) is 5.93. The molecule has 1 rings (SSSR count). The molecule has 3 N–H and O–H groups in total. The van der Waals surface area contributed by atoms with Gasteiger partial charge < -0.3 is 10.5 Å². The highest BCUT2D eigenvalue weighted by Crippen LogP contribution is 1.96. The maximum Gasteiger partial charge on any atom is 0.287 e. The van der Waals surface area contributed by atoms with Crippen molar-refractivity contribution in [3.05, 3.63) is 22.1 Å². The number of methoxy groups -OCH3 is 1. The minimum atomic E-state index is -0.371. The van der Waals surface area contributed by atoms with E-state index in [4.69, 9.17) is 10.5 Å². The zero-order chi connectivity index (χ0) is 8.27. The molecule has 0 spiro atoms. The monoisotopic (exact) mass is 155 g/mol. The lowest BCUT2D eigenvalue weighted by atomic mass is 10.4. The summed E-state index contributed by atoms with van der Waals surface area (Å²) in [7, 11) is 1.54. The van der Waals surface area contributed by atoms with Crippen molar-refractivity contribution in [2.75, 3.05) is 12.8 Å². The Hall–Kier alpha value is -1.36. The quantitative estimate of drug-likeness (QED) is 0.603. The van der Waals surface area contributed by atoms with Crippen LogP contribution >= 0.6 is 0 Å². The lowest BCUT2D eigenvalue weighted by molar-refractivity contribution is 0.180. The van der Waals surface area contributed by atoms with E-state index in [9.17, 15) is 4.79 Å². The fourth-order valence-electron chi connectivity index (χ4n) is 0.686. The van der Waals surface area contributed by atoms with Crippen LogP contribution in [-0.2, 0) is 11.3 Å². The van der Waals surface area contributed by atoms with Gasteiger partial charge in [0.05, 0.1) is 12.3 Å². The van der Waals surface area contributed by atoms with E-state index in [1.807, 2.05) is 0 Å². The van der Waals surface area contributed by atoms with Crippen molar-refractivity contribution in [2.45, 2.75) is 6.61 Å². The second-order valence-electron chi connectivity index (χ2n) is 2.08. The number of nitrogen functional groups attached to an aromatic ring is 1. The summed E-state index contributed by atoms with van der Waals surface area (Å²) in [5.41, 5.74) is 5.72. The van der Waals surface area contributed by atoms with Crippen LogP contribution in [0, 0.1) is 0 Å². The van der Waals surface area contributed by atoms with E-state index in [0.717, 1.165) is 0 Å². The Morgan fingerprint density at radius 3 is 3.09 bits per heavy atom. The average Bonchev–Trinajstić information content (AvgIpc) is 1.98. The van der Waals surface area contributed by atoms with E-state index in [2.05, 4.69) is 10.2 Å². The third-order valence-electron chi connectivity index (χ3n) is 1.18. The molecule has 0 aliphatic heterocycles. The minimum Gasteiger partial charge on any atom is -0.394 e. The Morgan fingerprint density at radius 1 is 1.82 bits per heavy atom. The smallest absolute Gasteiger partial charge is 0.287 e. The Bertz CT molecular complexity index is 294. The van der Waals surface area contributed by atoms with Gasteiger partial charge in [-0.3, -0.25) is 4.79 Å².